The molecule has 30 aliphatic rings. The van der Waals surface area contributed by atoms with Crippen LogP contribution in [0.25, 0.3) is 0 Å². The van der Waals surface area contributed by atoms with Crippen molar-refractivity contribution in [1.82, 2.24) is 0 Å². The standard InChI is InChI=1S/C15H26.C14H24.C13H22.3C12H20.C11H22.C10H20.C9H18.3C8H16/c1-10(2)15(4)12-5-11-6-13(15)9-14(3,7-11)8-12;1-4-14(3)11-5-10-6-12(14)9-13(2,7-10)8-11;1-12(2)10-4-9-5-11(12)8-13(3,6-9)7-10;1-11-4-9-3-10(5-11)7-12(2,6-9)8-11;1-8-10-3-9-4-11(8)7-12(2,5-9)6-10;1-7-9-3-11-5-10(7)6-12(4-9)8(11)2;1-9(2)11(4)7-5-10(3)6-8-11;1-4-10(3)7-5-9(2)6-8-10;1-8-4-6-9(2,3)7-5-8;1-7-3-5-8(2)6-4-7;1-7-4-3-5-8(2)6-7;1-7-5-3-4-6-8(7)2/h10-13H,5-9H2,1-4H3;10-12H,4-9H2,1-3H3;9-11H,4-8H2,1-3H3;9-10H,3-8H2,1-2H3;8-11H,3-7H2,1-2H3;7-12H,3-6H2,1-2H3;9-10H,5-8H2,1-4H3;9H,4-8H2,1-3H3;8H,4-7H2,1-3H3;3*7-8H,3-6H2,1-2H3. The molecule has 0 aromatic heterocycles. The summed E-state index contributed by atoms with van der Waals surface area (Å²) in [5.74, 6) is 33.8. The topological polar surface area (TPSA) is 0 Å². The van der Waals surface area contributed by atoms with Crippen LogP contribution in [-0.4, -0.2) is 0 Å². The van der Waals surface area contributed by atoms with Crippen LogP contribution in [0, 0.1) is 254 Å². The van der Waals surface area contributed by atoms with Gasteiger partial charge in [0, 0.05) is 0 Å². The molecule has 30 saturated carbocycles. The van der Waals surface area contributed by atoms with Gasteiger partial charge in [-0.25, -0.2) is 0 Å². The van der Waals surface area contributed by atoms with Gasteiger partial charge in [-0.15, -0.1) is 0 Å². The van der Waals surface area contributed by atoms with Crippen molar-refractivity contribution in [1.29, 1.82) is 0 Å². The Morgan fingerprint density at radius 2 is 0.545 bits per heavy atom. The van der Waals surface area contributed by atoms with Crippen molar-refractivity contribution in [3.63, 3.8) is 0 Å². The van der Waals surface area contributed by atoms with Crippen LogP contribution in [0.15, 0.2) is 0 Å². The molecular weight excluding hydrogens is 1590 g/mol. The first-order chi connectivity index (χ1) is 61.7. The summed E-state index contributed by atoms with van der Waals surface area (Å²) in [6, 6.07) is 0. The van der Waals surface area contributed by atoms with Gasteiger partial charge >= 0.3 is 0 Å². The van der Waals surface area contributed by atoms with Gasteiger partial charge in [-0.3, -0.25) is 0 Å². The third kappa shape index (κ3) is 27.0. The molecule has 0 spiro atoms. The first-order valence-corrected chi connectivity index (χ1v) is 61.7. The highest BCUT2D eigenvalue weighted by Crippen LogP contribution is 2.72. The summed E-state index contributed by atoms with van der Waals surface area (Å²) in [5.41, 5.74) is 8.65. The predicted octanol–water partition coefficient (Wildman–Crippen LogP) is 42.2. The van der Waals surface area contributed by atoms with Gasteiger partial charge in [0.25, 0.3) is 0 Å². The normalized spacial score (nSPS) is 51.3. The summed E-state index contributed by atoms with van der Waals surface area (Å²) >= 11 is 0. The van der Waals surface area contributed by atoms with Crippen LogP contribution < -0.4 is 0 Å². The van der Waals surface area contributed by atoms with Crippen molar-refractivity contribution in [3.8, 4) is 0 Å². The molecule has 0 heterocycles. The Labute approximate surface area is 829 Å². The SMILES string of the molecule is CC(C)C1(C)C2CC3CC1CC(C)(C3)C2.CC12CC3CC(C1)C(C)(C)C(C3)C2.CC12CC3CC(C1)CC(C)(C3)C2.CC1C2CC3CC1CC(C)(C3)C2.CC1C2CC3CC1CC(C2)C3C.CC1CCC(C)(C(C)C)CC1.CC1CCC(C)(C)CC1.CC1CCC(C)CC1.CC1CCCC(C)C1.CC1CCCCC1C.CCC1(C)C2CC3CC1CC(C)(C3)C2.CCC1(C)CCC(C)CC1. The van der Waals surface area contributed by atoms with Crippen molar-refractivity contribution >= 4 is 0 Å². The van der Waals surface area contributed by atoms with E-state index in [0.29, 0.717) is 27.1 Å². The molecule has 0 heteroatoms. The summed E-state index contributed by atoms with van der Waals surface area (Å²) in [4.78, 5) is 0. The van der Waals surface area contributed by atoms with Gasteiger partial charge in [0.1, 0.15) is 0 Å². The lowest BCUT2D eigenvalue weighted by Gasteiger charge is -2.65. The van der Waals surface area contributed by atoms with Crippen LogP contribution in [0.4, 0.5) is 0 Å². The molecule has 30 rings (SSSR count). The Morgan fingerprint density at radius 1 is 0.235 bits per heavy atom. The lowest BCUT2D eigenvalue weighted by Crippen LogP contribution is -2.56. The van der Waals surface area contributed by atoms with E-state index < -0.39 is 0 Å². The average Bonchev–Trinajstić information content (AvgIpc) is 0.734. The molecule has 12 atom stereocenters. The molecule has 0 N–H and O–H groups in total. The summed E-state index contributed by atoms with van der Waals surface area (Å²) in [7, 11) is 0. The van der Waals surface area contributed by atoms with Gasteiger partial charge in [0.2, 0.25) is 0 Å². The maximum absolute atomic E-state index is 2.61. The molecule has 0 radical (unpaired) electrons. The molecule has 132 heavy (non-hydrogen) atoms. The number of hydrogen-bond acceptors (Lipinski definition) is 0. The summed E-state index contributed by atoms with van der Waals surface area (Å²) < 4.78 is 0. The third-order valence-corrected chi connectivity index (χ3v) is 50.1. The highest BCUT2D eigenvalue weighted by molar-refractivity contribution is 5.12. The van der Waals surface area contributed by atoms with Gasteiger partial charge in [-0.1, -0.05) is 344 Å². The molecule has 30 fully saturated rings. The minimum Gasteiger partial charge on any atom is -0.0649 e. The molecule has 0 nitrogen and oxygen atoms in total. The minimum absolute atomic E-state index is 0.659. The van der Waals surface area contributed by atoms with E-state index in [1.165, 1.54) is 199 Å². The van der Waals surface area contributed by atoms with Crippen LogP contribution in [0.5, 0.6) is 0 Å². The van der Waals surface area contributed by atoms with Crippen LogP contribution in [0.3, 0.4) is 0 Å². The van der Waals surface area contributed by atoms with Crippen LogP contribution in [0.1, 0.15) is 581 Å². The van der Waals surface area contributed by atoms with Crippen LogP contribution in [-0.2, 0) is 0 Å². The molecule has 0 saturated heterocycles. The second-order valence-electron chi connectivity index (χ2n) is 63.8. The quantitative estimate of drug-likeness (QED) is 0.263. The Hall–Kier alpha value is 0. The van der Waals surface area contributed by atoms with Crippen molar-refractivity contribution in [2.24, 2.45) is 254 Å². The van der Waals surface area contributed by atoms with E-state index >= 15 is 0 Å². The van der Waals surface area contributed by atoms with Crippen LogP contribution >= 0.6 is 0 Å². The predicted molar refractivity (Wildman–Crippen MR) is 581 cm³/mol. The van der Waals surface area contributed by atoms with Gasteiger partial charge in [0.05, 0.1) is 0 Å². The smallest absolute Gasteiger partial charge is 0.0246 e. The second-order valence-corrected chi connectivity index (χ2v) is 63.8. The summed E-state index contributed by atoms with van der Waals surface area (Å²) in [6.07, 6.45) is 84.6. The highest BCUT2D eigenvalue weighted by Gasteiger charge is 2.62. The Kier molecular flexibility index (Phi) is 36.5. The zero-order valence-corrected chi connectivity index (χ0v) is 96.1. The third-order valence-electron chi connectivity index (χ3n) is 50.1. The fourth-order valence-corrected chi connectivity index (χ4v) is 40.1. The zero-order chi connectivity index (χ0) is 96.1. The fourth-order valence-electron chi connectivity index (χ4n) is 40.1. The Bertz CT molecular complexity index is 3250. The lowest BCUT2D eigenvalue weighted by atomic mass is 9.40. The lowest BCUT2D eigenvalue weighted by molar-refractivity contribution is -0.156. The van der Waals surface area contributed by atoms with Crippen LogP contribution in [0.2, 0.25) is 0 Å². The first kappa shape index (κ1) is 109. The maximum Gasteiger partial charge on any atom is -0.0246 e. The average molecular weight is 1830 g/mol. The Morgan fingerprint density at radius 3 is 0.856 bits per heavy atom. The summed E-state index contributed by atoms with van der Waals surface area (Å²) in [5, 5.41) is 0. The monoisotopic (exact) mass is 1830 g/mol. The number of hydrogen-bond donors (Lipinski definition) is 0. The first-order valence-electron chi connectivity index (χ1n) is 61.7. The molecule has 30 aliphatic carbocycles. The Balaban J connectivity index is 0.000000123. The molecule has 0 amide bonds. The van der Waals surface area contributed by atoms with Gasteiger partial charge in [-0.2, -0.15) is 0 Å². The zero-order valence-electron chi connectivity index (χ0n) is 96.1. The molecular formula is C132H240. The van der Waals surface area contributed by atoms with E-state index in [4.69, 9.17) is 0 Å². The van der Waals surface area contributed by atoms with E-state index in [9.17, 15) is 0 Å². The summed E-state index contributed by atoms with van der Waals surface area (Å²) in [6.45, 7) is 78.6. The molecule has 12 unspecified atom stereocenters. The van der Waals surface area contributed by atoms with Gasteiger partial charge < -0.3 is 0 Å². The largest absolute Gasteiger partial charge is 0.0649 e. The van der Waals surface area contributed by atoms with E-state index in [-0.39, 0.29) is 0 Å². The molecule has 0 aliphatic heterocycles. The molecule has 0 aromatic carbocycles. The molecule has 0 aromatic rings. The highest BCUT2D eigenvalue weighted by atomic mass is 14.7. The second kappa shape index (κ2) is 44.1. The van der Waals surface area contributed by atoms with E-state index in [0.717, 1.165) is 227 Å². The van der Waals surface area contributed by atoms with E-state index in [2.05, 4.69) is 222 Å². The van der Waals surface area contributed by atoms with Crippen molar-refractivity contribution in [3.05, 3.63) is 0 Å². The van der Waals surface area contributed by atoms with E-state index in [1.54, 1.807) is 161 Å². The minimum atomic E-state index is 0.659. The van der Waals surface area contributed by atoms with Crippen molar-refractivity contribution in [2.75, 3.05) is 0 Å². The van der Waals surface area contributed by atoms with Crippen molar-refractivity contribution < 1.29 is 0 Å². The van der Waals surface area contributed by atoms with Crippen molar-refractivity contribution in [2.45, 2.75) is 581 Å². The number of rotatable bonds is 4. The molecule has 768 valence electrons. The van der Waals surface area contributed by atoms with Gasteiger partial charge in [-0.05, 0) is 492 Å². The molecule has 24 bridgehead atoms. The maximum atomic E-state index is 2.61. The fraction of sp³-hybridized carbons (Fsp3) is 1.00. The van der Waals surface area contributed by atoms with Gasteiger partial charge in [0.15, 0.2) is 0 Å². The van der Waals surface area contributed by atoms with E-state index in [1.807, 2.05) is 0 Å².